The molecule has 6 heteroatoms. The number of aromatic amines is 1. The summed E-state index contributed by atoms with van der Waals surface area (Å²) in [5.41, 5.74) is 1.90. The van der Waals surface area contributed by atoms with Gasteiger partial charge >= 0.3 is 0 Å². The zero-order chi connectivity index (χ0) is 16.4. The van der Waals surface area contributed by atoms with Crippen LogP contribution in [-0.4, -0.2) is 26.4 Å². The molecule has 0 spiro atoms. The lowest BCUT2D eigenvalue weighted by molar-refractivity contribution is 0.318. The van der Waals surface area contributed by atoms with Gasteiger partial charge in [-0.1, -0.05) is 19.1 Å². The molecule has 0 atom stereocenters. The predicted octanol–water partition coefficient (Wildman–Crippen LogP) is 2.90. The van der Waals surface area contributed by atoms with Gasteiger partial charge in [-0.2, -0.15) is 5.10 Å². The third-order valence-electron chi connectivity index (χ3n) is 3.68. The van der Waals surface area contributed by atoms with Gasteiger partial charge in [0.05, 0.1) is 17.9 Å². The van der Waals surface area contributed by atoms with Crippen molar-refractivity contribution in [3.8, 4) is 17.1 Å². The van der Waals surface area contributed by atoms with E-state index in [1.165, 1.54) is 0 Å². The molecule has 3 aromatic rings. The van der Waals surface area contributed by atoms with E-state index >= 15 is 0 Å². The van der Waals surface area contributed by atoms with Crippen LogP contribution in [0.3, 0.4) is 0 Å². The second kappa shape index (κ2) is 6.24. The Morgan fingerprint density at radius 1 is 1.26 bits per heavy atom. The van der Waals surface area contributed by atoms with E-state index in [1.807, 2.05) is 38.1 Å². The third kappa shape index (κ3) is 2.72. The Morgan fingerprint density at radius 2 is 2.04 bits per heavy atom. The van der Waals surface area contributed by atoms with Crippen molar-refractivity contribution in [2.45, 2.75) is 33.7 Å². The van der Waals surface area contributed by atoms with Crippen molar-refractivity contribution in [2.24, 2.45) is 0 Å². The quantitative estimate of drug-likeness (QED) is 0.786. The van der Waals surface area contributed by atoms with Crippen LogP contribution in [0.1, 0.15) is 26.0 Å². The van der Waals surface area contributed by atoms with Gasteiger partial charge in [0.1, 0.15) is 17.0 Å². The smallest absolute Gasteiger partial charge is 0.262 e. The highest BCUT2D eigenvalue weighted by Gasteiger charge is 2.16. The van der Waals surface area contributed by atoms with E-state index in [4.69, 9.17) is 4.74 Å². The van der Waals surface area contributed by atoms with Crippen LogP contribution in [0.25, 0.3) is 22.4 Å². The van der Waals surface area contributed by atoms with Crippen molar-refractivity contribution in [1.29, 1.82) is 0 Å². The SMILES string of the molecule is CCCOc1ccccc1-c1nc2c(c(C)nn2CC)c(=O)[nH]1. The van der Waals surface area contributed by atoms with E-state index in [2.05, 4.69) is 22.0 Å². The molecule has 120 valence electrons. The largest absolute Gasteiger partial charge is 0.493 e. The Kier molecular flexibility index (Phi) is 4.14. The number of benzene rings is 1. The van der Waals surface area contributed by atoms with Crippen LogP contribution in [0, 0.1) is 6.92 Å². The molecule has 2 aromatic heterocycles. The maximum Gasteiger partial charge on any atom is 0.262 e. The van der Waals surface area contributed by atoms with E-state index in [9.17, 15) is 4.79 Å². The van der Waals surface area contributed by atoms with E-state index in [-0.39, 0.29) is 5.56 Å². The molecule has 2 heterocycles. The second-order valence-corrected chi connectivity index (χ2v) is 5.36. The predicted molar refractivity (Wildman–Crippen MR) is 89.8 cm³/mol. The Bertz CT molecular complexity index is 895. The molecular formula is C17H20N4O2. The topological polar surface area (TPSA) is 72.8 Å². The average Bonchev–Trinajstić information content (AvgIpc) is 2.89. The highest BCUT2D eigenvalue weighted by molar-refractivity contribution is 5.79. The first-order valence-electron chi connectivity index (χ1n) is 7.85. The fraction of sp³-hybridized carbons (Fsp3) is 0.353. The molecule has 6 nitrogen and oxygen atoms in total. The molecule has 0 amide bonds. The lowest BCUT2D eigenvalue weighted by Gasteiger charge is -2.10. The van der Waals surface area contributed by atoms with Crippen LogP contribution in [0.5, 0.6) is 5.75 Å². The number of H-pyrrole nitrogens is 1. The molecule has 0 saturated heterocycles. The zero-order valence-electron chi connectivity index (χ0n) is 13.6. The number of aromatic nitrogens is 4. The lowest BCUT2D eigenvalue weighted by atomic mass is 10.2. The van der Waals surface area contributed by atoms with Crippen molar-refractivity contribution >= 4 is 11.0 Å². The van der Waals surface area contributed by atoms with Crippen LogP contribution in [0.4, 0.5) is 0 Å². The standard InChI is InChI=1S/C17H20N4O2/c1-4-10-23-13-9-7-6-8-12(13)15-18-16-14(17(22)19-15)11(3)20-21(16)5-2/h6-9H,4-5,10H2,1-3H3,(H,18,19,22). The Balaban J connectivity index is 2.20. The maximum atomic E-state index is 12.5. The molecule has 0 radical (unpaired) electrons. The monoisotopic (exact) mass is 312 g/mol. The van der Waals surface area contributed by atoms with Gasteiger partial charge in [-0.3, -0.25) is 4.79 Å². The molecule has 0 unspecified atom stereocenters. The van der Waals surface area contributed by atoms with Gasteiger partial charge in [-0.15, -0.1) is 0 Å². The summed E-state index contributed by atoms with van der Waals surface area (Å²) in [5, 5.41) is 4.92. The number of rotatable bonds is 5. The molecule has 0 aliphatic rings. The lowest BCUT2D eigenvalue weighted by Crippen LogP contribution is -2.11. The second-order valence-electron chi connectivity index (χ2n) is 5.36. The Morgan fingerprint density at radius 3 is 2.78 bits per heavy atom. The van der Waals surface area contributed by atoms with Gasteiger partial charge in [0.25, 0.3) is 5.56 Å². The highest BCUT2D eigenvalue weighted by atomic mass is 16.5. The van der Waals surface area contributed by atoms with Gasteiger partial charge in [0.15, 0.2) is 5.65 Å². The van der Waals surface area contributed by atoms with Crippen LogP contribution in [0.2, 0.25) is 0 Å². The van der Waals surface area contributed by atoms with Crippen molar-refractivity contribution in [3.63, 3.8) is 0 Å². The first kappa shape index (κ1) is 15.3. The molecule has 0 saturated carbocycles. The number of para-hydroxylation sites is 1. The molecule has 0 aliphatic carbocycles. The molecule has 0 bridgehead atoms. The Hall–Kier alpha value is -2.63. The zero-order valence-corrected chi connectivity index (χ0v) is 13.6. The minimum atomic E-state index is -0.174. The van der Waals surface area contributed by atoms with Gasteiger partial charge in [0, 0.05) is 6.54 Å². The maximum absolute atomic E-state index is 12.5. The summed E-state index contributed by atoms with van der Waals surface area (Å²) in [6, 6.07) is 7.60. The number of aryl methyl sites for hydroxylation is 2. The van der Waals surface area contributed by atoms with Crippen LogP contribution >= 0.6 is 0 Å². The van der Waals surface area contributed by atoms with Crippen molar-refractivity contribution in [1.82, 2.24) is 19.7 Å². The van der Waals surface area contributed by atoms with Gasteiger partial charge < -0.3 is 9.72 Å². The van der Waals surface area contributed by atoms with Gasteiger partial charge in [-0.05, 0) is 32.4 Å². The first-order valence-corrected chi connectivity index (χ1v) is 7.85. The summed E-state index contributed by atoms with van der Waals surface area (Å²) in [5.74, 6) is 1.22. The molecule has 1 N–H and O–H groups in total. The molecule has 23 heavy (non-hydrogen) atoms. The number of hydrogen-bond donors (Lipinski definition) is 1. The molecule has 0 aliphatic heterocycles. The minimum Gasteiger partial charge on any atom is -0.493 e. The molecule has 1 aromatic carbocycles. The van der Waals surface area contributed by atoms with Crippen LogP contribution in [-0.2, 0) is 6.54 Å². The summed E-state index contributed by atoms with van der Waals surface area (Å²) < 4.78 is 7.52. The third-order valence-corrected chi connectivity index (χ3v) is 3.68. The molecule has 0 fully saturated rings. The van der Waals surface area contributed by atoms with E-state index < -0.39 is 0 Å². The van der Waals surface area contributed by atoms with Crippen LogP contribution < -0.4 is 10.3 Å². The Labute approximate surface area is 134 Å². The number of fused-ring (bicyclic) bond motifs is 1. The van der Waals surface area contributed by atoms with Gasteiger partial charge in [0.2, 0.25) is 0 Å². The van der Waals surface area contributed by atoms with E-state index in [0.717, 1.165) is 17.7 Å². The normalized spacial score (nSPS) is 11.1. The van der Waals surface area contributed by atoms with Gasteiger partial charge in [-0.25, -0.2) is 9.67 Å². The summed E-state index contributed by atoms with van der Waals surface area (Å²) in [6.45, 7) is 7.14. The van der Waals surface area contributed by atoms with Crippen molar-refractivity contribution < 1.29 is 4.74 Å². The number of hydrogen-bond acceptors (Lipinski definition) is 4. The fourth-order valence-corrected chi connectivity index (χ4v) is 2.60. The summed E-state index contributed by atoms with van der Waals surface area (Å²) in [4.78, 5) is 20.0. The average molecular weight is 312 g/mol. The highest BCUT2D eigenvalue weighted by Crippen LogP contribution is 2.27. The van der Waals surface area contributed by atoms with Crippen molar-refractivity contribution in [2.75, 3.05) is 6.61 Å². The van der Waals surface area contributed by atoms with Crippen molar-refractivity contribution in [3.05, 3.63) is 40.3 Å². The van der Waals surface area contributed by atoms with Crippen LogP contribution in [0.15, 0.2) is 29.1 Å². The van der Waals surface area contributed by atoms with E-state index in [1.54, 1.807) is 4.68 Å². The fourth-order valence-electron chi connectivity index (χ4n) is 2.60. The molecule has 3 rings (SSSR count). The first-order chi connectivity index (χ1) is 11.2. The molecular weight excluding hydrogens is 292 g/mol. The minimum absolute atomic E-state index is 0.174. The summed E-state index contributed by atoms with van der Waals surface area (Å²) >= 11 is 0. The van der Waals surface area contributed by atoms with E-state index in [0.29, 0.717) is 35.7 Å². The summed E-state index contributed by atoms with van der Waals surface area (Å²) in [6.07, 6.45) is 0.916. The number of nitrogens with zero attached hydrogens (tertiary/aromatic N) is 3. The summed E-state index contributed by atoms with van der Waals surface area (Å²) in [7, 11) is 0. The number of nitrogens with one attached hydrogen (secondary N) is 1. The number of ether oxygens (including phenoxy) is 1.